The summed E-state index contributed by atoms with van der Waals surface area (Å²) in [5, 5.41) is 16.4. The number of benzene rings is 2. The lowest BCUT2D eigenvalue weighted by Gasteiger charge is -2.30. The van der Waals surface area contributed by atoms with Crippen LogP contribution in [-0.2, 0) is 4.79 Å². The molecule has 1 fully saturated rings. The molecule has 9 nitrogen and oxygen atoms in total. The zero-order chi connectivity index (χ0) is 26.0. The van der Waals surface area contributed by atoms with E-state index in [9.17, 15) is 24.5 Å². The number of ketones is 1. The van der Waals surface area contributed by atoms with E-state index in [2.05, 4.69) is 5.32 Å². The highest BCUT2D eigenvalue weighted by atomic mass is 35.5. The van der Waals surface area contributed by atoms with Crippen molar-refractivity contribution in [3.8, 4) is 0 Å². The van der Waals surface area contributed by atoms with Crippen LogP contribution in [0.2, 0.25) is 5.02 Å². The van der Waals surface area contributed by atoms with Gasteiger partial charge in [0, 0.05) is 40.1 Å². The maximum Gasteiger partial charge on any atom is 0.318 e. The van der Waals surface area contributed by atoms with Gasteiger partial charge in [0.1, 0.15) is 6.04 Å². The number of Topliss-reactive ketones (excluding diaryl/α,β-unsaturated/α-hetero) is 1. The van der Waals surface area contributed by atoms with Gasteiger partial charge in [0.2, 0.25) is 5.91 Å². The number of primary amides is 1. The van der Waals surface area contributed by atoms with Gasteiger partial charge in [-0.05, 0) is 36.1 Å². The van der Waals surface area contributed by atoms with Gasteiger partial charge in [-0.1, -0.05) is 41.9 Å². The second-order valence-electron chi connectivity index (χ2n) is 8.33. The number of nitro benzene ring substituents is 1. The monoisotopic (exact) mass is 526 g/mol. The van der Waals surface area contributed by atoms with Gasteiger partial charge in [-0.3, -0.25) is 19.7 Å². The van der Waals surface area contributed by atoms with Gasteiger partial charge >= 0.3 is 6.03 Å². The number of halogens is 1. The number of thiophene rings is 1. The lowest BCUT2D eigenvalue weighted by molar-refractivity contribution is -0.385. The van der Waals surface area contributed by atoms with Gasteiger partial charge in [0.05, 0.1) is 16.9 Å². The van der Waals surface area contributed by atoms with Crippen LogP contribution in [0.5, 0.6) is 0 Å². The number of hydrogen-bond acceptors (Lipinski definition) is 6. The number of nitro groups is 1. The summed E-state index contributed by atoms with van der Waals surface area (Å²) in [5.74, 6) is -2.88. The molecule has 1 aliphatic rings. The lowest BCUT2D eigenvalue weighted by atomic mass is 9.78. The van der Waals surface area contributed by atoms with E-state index in [0.717, 1.165) is 0 Å². The van der Waals surface area contributed by atoms with E-state index in [-0.39, 0.29) is 18.0 Å². The highest BCUT2D eigenvalue weighted by Gasteiger charge is 2.57. The van der Waals surface area contributed by atoms with Crippen LogP contribution >= 0.6 is 22.9 Å². The van der Waals surface area contributed by atoms with Crippen molar-refractivity contribution in [1.29, 1.82) is 0 Å². The number of urea groups is 1. The first kappa shape index (κ1) is 25.3. The molecule has 3 N–H and O–H groups in total. The Morgan fingerprint density at radius 3 is 2.50 bits per heavy atom. The van der Waals surface area contributed by atoms with Crippen molar-refractivity contribution >= 4 is 46.3 Å². The van der Waals surface area contributed by atoms with E-state index in [4.69, 9.17) is 17.3 Å². The van der Waals surface area contributed by atoms with Gasteiger partial charge in [0.15, 0.2) is 5.78 Å². The third-order valence-electron chi connectivity index (χ3n) is 6.23. The van der Waals surface area contributed by atoms with Crippen molar-refractivity contribution in [3.63, 3.8) is 0 Å². The maximum atomic E-state index is 14.1. The number of nitrogens with one attached hydrogen (secondary N) is 1. The van der Waals surface area contributed by atoms with Gasteiger partial charge in [-0.25, -0.2) is 4.79 Å². The minimum Gasteiger partial charge on any atom is -0.368 e. The van der Waals surface area contributed by atoms with E-state index < -0.39 is 40.8 Å². The minimum absolute atomic E-state index is 0.201. The summed E-state index contributed by atoms with van der Waals surface area (Å²) in [4.78, 5) is 53.3. The molecule has 2 heterocycles. The van der Waals surface area contributed by atoms with Crippen molar-refractivity contribution in [2.24, 2.45) is 11.7 Å². The summed E-state index contributed by atoms with van der Waals surface area (Å²) >= 11 is 7.51. The molecule has 2 aromatic carbocycles. The predicted octanol–water partition coefficient (Wildman–Crippen LogP) is 4.53. The summed E-state index contributed by atoms with van der Waals surface area (Å²) < 4.78 is 0. The maximum absolute atomic E-state index is 14.1. The molecule has 4 unspecified atom stereocenters. The number of nitrogens with zero attached hydrogens (tertiary/aromatic N) is 2. The Bertz CT molecular complexity index is 1320. The molecule has 0 spiro atoms. The smallest absolute Gasteiger partial charge is 0.318 e. The van der Waals surface area contributed by atoms with Crippen LogP contribution in [0.1, 0.15) is 39.7 Å². The third-order valence-corrected chi connectivity index (χ3v) is 7.44. The van der Waals surface area contributed by atoms with E-state index in [1.807, 2.05) is 5.38 Å². The Hall–Kier alpha value is -3.76. The minimum atomic E-state index is -1.17. The van der Waals surface area contributed by atoms with Crippen LogP contribution in [0.3, 0.4) is 0 Å². The molecular formula is C25H23ClN4O5S. The second-order valence-corrected chi connectivity index (χ2v) is 9.74. The van der Waals surface area contributed by atoms with Gasteiger partial charge in [0.25, 0.3) is 5.69 Å². The Morgan fingerprint density at radius 1 is 1.14 bits per heavy atom. The van der Waals surface area contributed by atoms with Crippen molar-refractivity contribution in [1.82, 2.24) is 10.2 Å². The van der Waals surface area contributed by atoms with Crippen molar-refractivity contribution in [2.75, 3.05) is 6.54 Å². The molecule has 1 aliphatic heterocycles. The average Bonchev–Trinajstić information content (AvgIpc) is 3.50. The number of amides is 3. The molecule has 4 atom stereocenters. The highest BCUT2D eigenvalue weighted by Crippen LogP contribution is 2.52. The van der Waals surface area contributed by atoms with Gasteiger partial charge < -0.3 is 16.0 Å². The number of non-ortho nitro benzene ring substituents is 1. The summed E-state index contributed by atoms with van der Waals surface area (Å²) in [7, 11) is 0. The Balaban J connectivity index is 1.99. The van der Waals surface area contributed by atoms with Crippen molar-refractivity contribution in [2.45, 2.75) is 24.9 Å². The number of carbonyl (C=O) groups is 3. The SMILES string of the molecule is CCNC(=O)N1C(C(N)=O)C(c2cccs2)C(C(=O)c2cccc(Cl)c2)C1c1cccc([N+](=O)[O-])c1. The fourth-order valence-electron chi connectivity index (χ4n) is 4.87. The summed E-state index contributed by atoms with van der Waals surface area (Å²) in [6.45, 7) is 1.99. The normalized spacial score (nSPS) is 21.2. The van der Waals surface area contributed by atoms with E-state index in [0.29, 0.717) is 21.0 Å². The first-order valence-corrected chi connectivity index (χ1v) is 12.4. The van der Waals surface area contributed by atoms with Crippen LogP contribution in [0, 0.1) is 16.0 Å². The van der Waals surface area contributed by atoms with Crippen LogP contribution in [0.4, 0.5) is 10.5 Å². The first-order valence-electron chi connectivity index (χ1n) is 11.2. The molecule has 1 aromatic heterocycles. The molecule has 186 valence electrons. The lowest BCUT2D eigenvalue weighted by Crippen LogP contribution is -2.50. The quantitative estimate of drug-likeness (QED) is 0.265. The Morgan fingerprint density at radius 2 is 1.89 bits per heavy atom. The van der Waals surface area contributed by atoms with Crippen LogP contribution in [-0.4, -0.2) is 40.1 Å². The number of hydrogen-bond donors (Lipinski definition) is 2. The molecular weight excluding hydrogens is 504 g/mol. The van der Waals surface area contributed by atoms with Crippen LogP contribution in [0.15, 0.2) is 66.0 Å². The van der Waals surface area contributed by atoms with E-state index >= 15 is 0 Å². The molecule has 11 heteroatoms. The second kappa shape index (κ2) is 10.5. The zero-order valence-electron chi connectivity index (χ0n) is 19.2. The molecule has 3 aromatic rings. The van der Waals surface area contributed by atoms with Crippen LogP contribution in [0.25, 0.3) is 0 Å². The molecule has 1 saturated heterocycles. The topological polar surface area (TPSA) is 136 Å². The molecule has 0 saturated carbocycles. The number of likely N-dealkylation sites (tertiary alicyclic amines) is 1. The van der Waals surface area contributed by atoms with Gasteiger partial charge in [-0.2, -0.15) is 0 Å². The Labute approximate surface area is 216 Å². The summed E-state index contributed by atoms with van der Waals surface area (Å²) in [5.41, 5.74) is 6.31. The van der Waals surface area contributed by atoms with E-state index in [1.54, 1.807) is 43.3 Å². The summed E-state index contributed by atoms with van der Waals surface area (Å²) in [6.07, 6.45) is 0. The van der Waals surface area contributed by atoms with E-state index in [1.165, 1.54) is 40.5 Å². The Kier molecular flexibility index (Phi) is 7.37. The number of rotatable bonds is 7. The van der Waals surface area contributed by atoms with Crippen molar-refractivity contribution < 1.29 is 19.3 Å². The standard InChI is InChI=1S/C25H23ClN4O5S/c1-2-28-25(33)29-21(14-6-4-9-17(13-14)30(34)35)20(23(31)15-7-3-8-16(26)12-15)19(22(29)24(27)32)18-10-5-11-36-18/h3-13,19-22H,2H2,1H3,(H2,27,32)(H,28,33). The third kappa shape index (κ3) is 4.69. The number of nitrogens with two attached hydrogens (primary N) is 1. The zero-order valence-corrected chi connectivity index (χ0v) is 20.7. The number of carbonyl (C=O) groups excluding carboxylic acids is 3. The fraction of sp³-hybridized carbons (Fsp3) is 0.240. The molecule has 36 heavy (non-hydrogen) atoms. The average molecular weight is 527 g/mol. The largest absolute Gasteiger partial charge is 0.368 e. The molecule has 0 bridgehead atoms. The molecule has 0 aliphatic carbocycles. The van der Waals surface area contributed by atoms with Crippen molar-refractivity contribution in [3.05, 3.63) is 97.2 Å². The fourth-order valence-corrected chi connectivity index (χ4v) is 5.96. The molecule has 4 rings (SSSR count). The van der Waals surface area contributed by atoms with Crippen LogP contribution < -0.4 is 11.1 Å². The predicted molar refractivity (Wildman–Crippen MR) is 136 cm³/mol. The molecule has 3 amide bonds. The molecule has 0 radical (unpaired) electrons. The highest BCUT2D eigenvalue weighted by molar-refractivity contribution is 7.10. The summed E-state index contributed by atoms with van der Waals surface area (Å²) in [6, 6.07) is 12.9. The first-order chi connectivity index (χ1) is 17.2. The van der Waals surface area contributed by atoms with Gasteiger partial charge in [-0.15, -0.1) is 11.3 Å².